The van der Waals surface area contributed by atoms with Crippen LogP contribution < -0.4 is 4.74 Å². The van der Waals surface area contributed by atoms with Crippen LogP contribution in [0.4, 0.5) is 5.69 Å². The highest BCUT2D eigenvalue weighted by molar-refractivity contribution is 5.59. The number of nitrogens with zero attached hydrogens (tertiary/aromatic N) is 1. The molecule has 4 heteroatoms. The molecule has 0 radical (unpaired) electrons. The molecule has 0 heterocycles. The number of rotatable bonds is 5. The molecule has 0 bridgehead atoms. The van der Waals surface area contributed by atoms with E-state index in [1.54, 1.807) is 6.07 Å². The largest absolute Gasteiger partial charge is 0.519 e. The molecule has 0 spiro atoms. The van der Waals surface area contributed by atoms with Gasteiger partial charge in [-0.1, -0.05) is 6.92 Å². The highest BCUT2D eigenvalue weighted by atomic mass is 16.7. The first-order valence-electron chi connectivity index (χ1n) is 5.20. The SMILES string of the molecule is [C-]#[N+]c1cc(OC(CC)OCC)ccc1O. The summed E-state index contributed by atoms with van der Waals surface area (Å²) in [6, 6.07) is 4.57. The smallest absolute Gasteiger partial charge is 0.231 e. The molecule has 0 saturated carbocycles. The average molecular weight is 221 g/mol. The molecule has 1 atom stereocenters. The highest BCUT2D eigenvalue weighted by Gasteiger charge is 2.09. The van der Waals surface area contributed by atoms with Gasteiger partial charge in [0, 0.05) is 13.0 Å². The molecule has 1 unspecified atom stereocenters. The first kappa shape index (κ1) is 12.3. The second kappa shape index (κ2) is 5.99. The summed E-state index contributed by atoms with van der Waals surface area (Å²) in [6.07, 6.45) is 0.412. The Bertz CT molecular complexity index is 384. The van der Waals surface area contributed by atoms with Gasteiger partial charge in [0.2, 0.25) is 5.69 Å². The Morgan fingerprint density at radius 1 is 1.44 bits per heavy atom. The molecular weight excluding hydrogens is 206 g/mol. The van der Waals surface area contributed by atoms with E-state index in [0.29, 0.717) is 12.4 Å². The monoisotopic (exact) mass is 221 g/mol. The fourth-order valence-corrected chi connectivity index (χ4v) is 1.24. The van der Waals surface area contributed by atoms with Gasteiger partial charge in [-0.2, -0.15) is 0 Å². The van der Waals surface area contributed by atoms with Crippen LogP contribution in [0, 0.1) is 6.57 Å². The van der Waals surface area contributed by atoms with Crippen LogP contribution >= 0.6 is 0 Å². The minimum atomic E-state index is -0.312. The van der Waals surface area contributed by atoms with Crippen molar-refractivity contribution in [3.8, 4) is 11.5 Å². The van der Waals surface area contributed by atoms with E-state index in [-0.39, 0.29) is 17.7 Å². The van der Waals surface area contributed by atoms with Crippen LogP contribution in [0.15, 0.2) is 18.2 Å². The van der Waals surface area contributed by atoms with Crippen molar-refractivity contribution < 1.29 is 14.6 Å². The topological polar surface area (TPSA) is 43.0 Å². The van der Waals surface area contributed by atoms with Crippen molar-refractivity contribution in [1.82, 2.24) is 0 Å². The van der Waals surface area contributed by atoms with Crippen molar-refractivity contribution in [2.75, 3.05) is 6.61 Å². The Balaban J connectivity index is 2.77. The molecule has 86 valence electrons. The quantitative estimate of drug-likeness (QED) is 0.613. The third kappa shape index (κ3) is 3.14. The van der Waals surface area contributed by atoms with Crippen molar-refractivity contribution in [1.29, 1.82) is 0 Å². The maximum Gasteiger partial charge on any atom is 0.231 e. The first-order valence-corrected chi connectivity index (χ1v) is 5.20. The van der Waals surface area contributed by atoms with E-state index >= 15 is 0 Å². The van der Waals surface area contributed by atoms with Crippen molar-refractivity contribution in [2.24, 2.45) is 0 Å². The van der Waals surface area contributed by atoms with Crippen molar-refractivity contribution in [3.63, 3.8) is 0 Å². The van der Waals surface area contributed by atoms with Gasteiger partial charge in [0.1, 0.15) is 11.5 Å². The molecule has 4 nitrogen and oxygen atoms in total. The Kier molecular flexibility index (Phi) is 4.62. The van der Waals surface area contributed by atoms with Crippen LogP contribution in [0.1, 0.15) is 20.3 Å². The molecule has 1 N–H and O–H groups in total. The molecule has 0 aliphatic heterocycles. The predicted octanol–water partition coefficient (Wildman–Crippen LogP) is 3.09. The summed E-state index contributed by atoms with van der Waals surface area (Å²) in [7, 11) is 0. The zero-order valence-corrected chi connectivity index (χ0v) is 9.43. The first-order chi connectivity index (χ1) is 7.71. The third-order valence-electron chi connectivity index (χ3n) is 2.02. The van der Waals surface area contributed by atoms with Crippen LogP contribution in [0.25, 0.3) is 4.85 Å². The van der Waals surface area contributed by atoms with Gasteiger partial charge in [-0.3, -0.25) is 0 Å². The second-order valence-corrected chi connectivity index (χ2v) is 3.17. The van der Waals surface area contributed by atoms with Crippen molar-refractivity contribution in [3.05, 3.63) is 29.6 Å². The molecule has 0 aliphatic rings. The van der Waals surface area contributed by atoms with Gasteiger partial charge in [-0.05, 0) is 25.1 Å². The van der Waals surface area contributed by atoms with Crippen LogP contribution in [-0.4, -0.2) is 18.0 Å². The number of hydrogen-bond acceptors (Lipinski definition) is 3. The molecule has 1 aromatic carbocycles. The zero-order valence-electron chi connectivity index (χ0n) is 9.43. The number of hydrogen-bond donors (Lipinski definition) is 1. The van der Waals surface area contributed by atoms with Crippen LogP contribution in [-0.2, 0) is 4.74 Å². The lowest BCUT2D eigenvalue weighted by Gasteiger charge is -2.17. The lowest BCUT2D eigenvalue weighted by molar-refractivity contribution is -0.0766. The Hall–Kier alpha value is -1.73. The minimum absolute atomic E-state index is 0.0354. The van der Waals surface area contributed by atoms with Crippen LogP contribution in [0.3, 0.4) is 0 Å². The number of aromatic hydroxyl groups is 1. The summed E-state index contributed by atoms with van der Waals surface area (Å²) in [5, 5.41) is 9.33. The summed E-state index contributed by atoms with van der Waals surface area (Å²) in [6.45, 7) is 11.3. The van der Waals surface area contributed by atoms with Crippen LogP contribution in [0.5, 0.6) is 11.5 Å². The van der Waals surface area contributed by atoms with Gasteiger partial charge in [-0.15, -0.1) is 0 Å². The molecule has 1 rings (SSSR count). The summed E-state index contributed by atoms with van der Waals surface area (Å²) >= 11 is 0. The normalized spacial score (nSPS) is 11.8. The summed E-state index contributed by atoms with van der Waals surface area (Å²) in [4.78, 5) is 3.19. The van der Waals surface area contributed by atoms with Gasteiger partial charge < -0.3 is 14.6 Å². The molecule has 0 fully saturated rings. The Morgan fingerprint density at radius 3 is 2.75 bits per heavy atom. The van der Waals surface area contributed by atoms with E-state index < -0.39 is 0 Å². The van der Waals surface area contributed by atoms with E-state index in [1.807, 2.05) is 13.8 Å². The third-order valence-corrected chi connectivity index (χ3v) is 2.02. The lowest BCUT2D eigenvalue weighted by Crippen LogP contribution is -2.19. The van der Waals surface area contributed by atoms with Gasteiger partial charge in [0.25, 0.3) is 0 Å². The fourth-order valence-electron chi connectivity index (χ4n) is 1.24. The second-order valence-electron chi connectivity index (χ2n) is 3.17. The van der Waals surface area contributed by atoms with E-state index in [0.717, 1.165) is 6.42 Å². The molecule has 0 saturated heterocycles. The fraction of sp³-hybridized carbons (Fsp3) is 0.417. The number of benzene rings is 1. The number of phenols is 1. The standard InChI is InChI=1S/C12H15NO3/c1-4-12(15-5-2)16-9-6-7-11(14)10(8-9)13-3/h6-8,12,14H,4-5H2,1-2H3. The highest BCUT2D eigenvalue weighted by Crippen LogP contribution is 2.31. The average Bonchev–Trinajstić information content (AvgIpc) is 2.30. The zero-order chi connectivity index (χ0) is 12.0. The van der Waals surface area contributed by atoms with E-state index in [1.165, 1.54) is 12.1 Å². The molecule has 0 aromatic heterocycles. The summed E-state index contributed by atoms with van der Waals surface area (Å²) in [5.74, 6) is 0.496. The van der Waals surface area contributed by atoms with Crippen molar-refractivity contribution >= 4 is 5.69 Å². The van der Waals surface area contributed by atoms with E-state index in [4.69, 9.17) is 16.0 Å². The maximum atomic E-state index is 9.33. The Labute approximate surface area is 95.2 Å². The minimum Gasteiger partial charge on any atom is -0.519 e. The van der Waals surface area contributed by atoms with Gasteiger partial charge in [-0.25, -0.2) is 4.85 Å². The number of phenolic OH excluding ortho intramolecular Hbond substituents is 1. The van der Waals surface area contributed by atoms with Gasteiger partial charge in [0.15, 0.2) is 6.29 Å². The van der Waals surface area contributed by atoms with Crippen molar-refractivity contribution in [2.45, 2.75) is 26.6 Å². The maximum absolute atomic E-state index is 9.33. The summed E-state index contributed by atoms with van der Waals surface area (Å²) in [5.41, 5.74) is 0.184. The lowest BCUT2D eigenvalue weighted by atomic mass is 10.3. The molecule has 0 amide bonds. The van der Waals surface area contributed by atoms with E-state index in [2.05, 4.69) is 4.85 Å². The van der Waals surface area contributed by atoms with Gasteiger partial charge in [0.05, 0.1) is 6.57 Å². The molecule has 16 heavy (non-hydrogen) atoms. The summed E-state index contributed by atoms with van der Waals surface area (Å²) < 4.78 is 10.9. The van der Waals surface area contributed by atoms with E-state index in [9.17, 15) is 5.11 Å². The van der Waals surface area contributed by atoms with Crippen LogP contribution in [0.2, 0.25) is 0 Å². The Morgan fingerprint density at radius 2 is 2.19 bits per heavy atom. The molecule has 0 aliphatic carbocycles. The predicted molar refractivity (Wildman–Crippen MR) is 60.7 cm³/mol. The molecular formula is C12H15NO3. The molecule has 1 aromatic rings. The number of ether oxygens (including phenoxy) is 2. The van der Waals surface area contributed by atoms with Gasteiger partial charge >= 0.3 is 0 Å².